The van der Waals surface area contributed by atoms with Crippen molar-refractivity contribution in [3.05, 3.63) is 140 Å². The summed E-state index contributed by atoms with van der Waals surface area (Å²) in [6, 6.07) is 46.6. The van der Waals surface area contributed by atoms with Crippen molar-refractivity contribution in [2.24, 2.45) is 0 Å². The Labute approximate surface area is 323 Å². The van der Waals surface area contributed by atoms with Crippen molar-refractivity contribution in [2.75, 3.05) is 0 Å². The first kappa shape index (κ1) is 33.1. The first-order chi connectivity index (χ1) is 26.9. The molecule has 0 fully saturated rings. The molecular weight excluding hydrogens is 667 g/mol. The molecule has 5 nitrogen and oxygen atoms in total. The van der Waals surface area contributed by atoms with Gasteiger partial charge < -0.3 is 8.98 Å². The Morgan fingerprint density at radius 3 is 1.60 bits per heavy atom. The van der Waals surface area contributed by atoms with Crippen LogP contribution >= 0.6 is 0 Å². The van der Waals surface area contributed by atoms with E-state index >= 15 is 0 Å². The van der Waals surface area contributed by atoms with Gasteiger partial charge in [0.05, 0.1) is 16.7 Å². The highest BCUT2D eigenvalue weighted by Gasteiger charge is 2.21. The van der Waals surface area contributed by atoms with Gasteiger partial charge in [-0.25, -0.2) is 15.0 Å². The van der Waals surface area contributed by atoms with Gasteiger partial charge in [0.25, 0.3) is 0 Å². The van der Waals surface area contributed by atoms with E-state index in [-0.39, 0.29) is 27.3 Å². The molecule has 10 rings (SSSR count). The lowest BCUT2D eigenvalue weighted by Crippen LogP contribution is -2.55. The molecule has 244 valence electrons. The van der Waals surface area contributed by atoms with E-state index in [1.165, 1.54) is 0 Å². The molecule has 0 unspecified atom stereocenters. The minimum absolute atomic E-state index is 0.178. The number of aromatic nitrogens is 4. The van der Waals surface area contributed by atoms with Crippen LogP contribution in [0.2, 0.25) is 0 Å². The lowest BCUT2D eigenvalue weighted by Gasteiger charge is -2.21. The molecule has 10 radical (unpaired) electrons. The Morgan fingerprint density at radius 2 is 0.927 bits per heavy atom. The van der Waals surface area contributed by atoms with Gasteiger partial charge in [0, 0.05) is 38.2 Å². The average Bonchev–Trinajstić information content (AvgIpc) is 3.78. The van der Waals surface area contributed by atoms with E-state index in [1.54, 1.807) is 0 Å². The van der Waals surface area contributed by atoms with Crippen molar-refractivity contribution in [3.8, 4) is 51.0 Å². The summed E-state index contributed by atoms with van der Waals surface area (Å²) in [5.74, 6) is 1.73. The molecular formula is C45H23B5N4O. The Bertz CT molecular complexity index is 3070. The molecule has 0 spiro atoms. The quantitative estimate of drug-likeness (QED) is 0.224. The van der Waals surface area contributed by atoms with Crippen LogP contribution < -0.4 is 27.3 Å². The predicted octanol–water partition coefficient (Wildman–Crippen LogP) is 5.51. The SMILES string of the molecule is [B]c1c([B])c([B])c(-c2ccc3c4ccccc4n(-c4cccc5c4oc4cc(-c6nc(-c7ccccc7)nc(-c7ccccc7)n6)ccc45)c3c2)c([B])c1[B]. The van der Waals surface area contributed by atoms with Gasteiger partial charge in [-0.15, -0.1) is 16.4 Å². The molecule has 7 aromatic carbocycles. The third kappa shape index (κ3) is 5.27. The number of fused-ring (bicyclic) bond motifs is 6. The molecule has 0 saturated carbocycles. The monoisotopic (exact) mass is 690 g/mol. The van der Waals surface area contributed by atoms with Crippen molar-refractivity contribution < 1.29 is 4.42 Å². The van der Waals surface area contributed by atoms with Gasteiger partial charge in [-0.3, -0.25) is 0 Å². The van der Waals surface area contributed by atoms with Crippen LogP contribution in [0, 0.1) is 0 Å². The van der Waals surface area contributed by atoms with Gasteiger partial charge in [-0.05, 0) is 41.5 Å². The minimum atomic E-state index is 0.178. The van der Waals surface area contributed by atoms with Crippen molar-refractivity contribution in [2.45, 2.75) is 0 Å². The van der Waals surface area contributed by atoms with E-state index in [2.05, 4.69) is 47.0 Å². The minimum Gasteiger partial charge on any atom is -0.454 e. The van der Waals surface area contributed by atoms with Crippen LogP contribution in [-0.2, 0) is 0 Å². The lowest BCUT2D eigenvalue weighted by atomic mass is 9.59. The largest absolute Gasteiger partial charge is 0.454 e. The van der Waals surface area contributed by atoms with Crippen LogP contribution in [0.3, 0.4) is 0 Å². The van der Waals surface area contributed by atoms with Crippen LogP contribution in [0.15, 0.2) is 144 Å². The van der Waals surface area contributed by atoms with Gasteiger partial charge in [0.2, 0.25) is 0 Å². The molecule has 0 atom stereocenters. The fourth-order valence-electron chi connectivity index (χ4n) is 7.58. The summed E-state index contributed by atoms with van der Waals surface area (Å²) in [4.78, 5) is 14.7. The molecule has 0 aliphatic carbocycles. The fraction of sp³-hybridized carbons (Fsp3) is 0. The second-order valence-electron chi connectivity index (χ2n) is 13.5. The highest BCUT2D eigenvalue weighted by atomic mass is 16.3. The van der Waals surface area contributed by atoms with E-state index < -0.39 is 0 Å². The predicted molar refractivity (Wildman–Crippen MR) is 230 cm³/mol. The topological polar surface area (TPSA) is 56.7 Å². The van der Waals surface area contributed by atoms with Crippen molar-refractivity contribution in [3.63, 3.8) is 0 Å². The number of benzene rings is 7. The molecule has 0 N–H and O–H groups in total. The number of para-hydroxylation sites is 2. The van der Waals surface area contributed by atoms with Gasteiger partial charge in [0.1, 0.15) is 44.8 Å². The van der Waals surface area contributed by atoms with Crippen LogP contribution in [0.1, 0.15) is 0 Å². The Kier molecular flexibility index (Phi) is 7.70. The Hall–Kier alpha value is -6.53. The molecule has 3 heterocycles. The van der Waals surface area contributed by atoms with Crippen LogP contribution in [-0.4, -0.2) is 58.8 Å². The summed E-state index contributed by atoms with van der Waals surface area (Å²) in [7, 11) is 31.7. The van der Waals surface area contributed by atoms with Crippen molar-refractivity contribution >= 4 is 110 Å². The fourth-order valence-corrected chi connectivity index (χ4v) is 7.58. The molecule has 3 aromatic heterocycles. The zero-order valence-electron chi connectivity index (χ0n) is 29.4. The molecule has 0 bridgehead atoms. The van der Waals surface area contributed by atoms with Gasteiger partial charge in [-0.1, -0.05) is 120 Å². The molecule has 0 saturated heterocycles. The van der Waals surface area contributed by atoms with E-state index in [9.17, 15) is 0 Å². The summed E-state index contributed by atoms with van der Waals surface area (Å²) in [6.07, 6.45) is 0. The van der Waals surface area contributed by atoms with E-state index in [0.717, 1.165) is 66.1 Å². The molecule has 10 aromatic rings. The van der Waals surface area contributed by atoms with Crippen LogP contribution in [0.4, 0.5) is 0 Å². The molecule has 0 amide bonds. The van der Waals surface area contributed by atoms with E-state index in [1.807, 2.05) is 97.1 Å². The zero-order chi connectivity index (χ0) is 37.4. The third-order valence-corrected chi connectivity index (χ3v) is 10.3. The lowest BCUT2D eigenvalue weighted by molar-refractivity contribution is 0.666. The number of hydrogen-bond acceptors (Lipinski definition) is 4. The summed E-state index contributed by atoms with van der Waals surface area (Å²) in [5, 5.41) is 4.06. The standard InChI is InChI=1S/C45H23B5N4O/c46-37-36(38(47)40(49)41(50)39(37)48)26-18-20-29-28-14-7-8-16-32(28)54(34(29)22-26)33-17-9-15-31-30-21-19-27(23-35(30)55-42(31)33)45-52-43(24-10-3-1-4-11-24)51-44(53-45)25-12-5-2-6-13-25/h1-23H. The summed E-state index contributed by atoms with van der Waals surface area (Å²) < 4.78 is 9.02. The van der Waals surface area contributed by atoms with E-state index in [4.69, 9.17) is 58.6 Å². The number of furan rings is 1. The second kappa shape index (κ2) is 12.8. The molecule has 0 aliphatic heterocycles. The van der Waals surface area contributed by atoms with Gasteiger partial charge in [0.15, 0.2) is 23.1 Å². The second-order valence-corrected chi connectivity index (χ2v) is 13.5. The maximum atomic E-state index is 6.82. The molecule has 55 heavy (non-hydrogen) atoms. The molecule has 10 heteroatoms. The van der Waals surface area contributed by atoms with Gasteiger partial charge >= 0.3 is 0 Å². The molecule has 0 aliphatic rings. The number of rotatable bonds is 5. The highest BCUT2D eigenvalue weighted by molar-refractivity contribution is 6.68. The Balaban J connectivity index is 1.17. The van der Waals surface area contributed by atoms with Crippen molar-refractivity contribution in [1.82, 2.24) is 19.5 Å². The maximum absolute atomic E-state index is 6.82. The Morgan fingerprint density at radius 1 is 0.400 bits per heavy atom. The normalized spacial score (nSPS) is 11.6. The number of hydrogen-bond donors (Lipinski definition) is 0. The maximum Gasteiger partial charge on any atom is 0.164 e. The first-order valence-electron chi connectivity index (χ1n) is 17.7. The number of nitrogens with zero attached hydrogens (tertiary/aromatic N) is 4. The zero-order valence-corrected chi connectivity index (χ0v) is 29.4. The van der Waals surface area contributed by atoms with E-state index in [0.29, 0.717) is 28.6 Å². The first-order valence-corrected chi connectivity index (χ1v) is 17.7. The highest BCUT2D eigenvalue weighted by Crippen LogP contribution is 2.40. The smallest absolute Gasteiger partial charge is 0.164 e. The van der Waals surface area contributed by atoms with Crippen LogP contribution in [0.5, 0.6) is 0 Å². The third-order valence-electron chi connectivity index (χ3n) is 10.3. The van der Waals surface area contributed by atoms with Crippen LogP contribution in [0.25, 0.3) is 94.7 Å². The van der Waals surface area contributed by atoms with Crippen molar-refractivity contribution in [1.29, 1.82) is 0 Å². The summed E-state index contributed by atoms with van der Waals surface area (Å²) >= 11 is 0. The summed E-state index contributed by atoms with van der Waals surface area (Å²) in [5.41, 5.74) is 9.31. The summed E-state index contributed by atoms with van der Waals surface area (Å²) in [6.45, 7) is 0. The average molecular weight is 690 g/mol. The van der Waals surface area contributed by atoms with Gasteiger partial charge in [-0.2, -0.15) is 0 Å².